The molecule has 0 fully saturated rings. The van der Waals surface area contributed by atoms with Crippen molar-refractivity contribution in [2.24, 2.45) is 0 Å². The Morgan fingerprint density at radius 1 is 1.14 bits per heavy atom. The van der Waals surface area contributed by atoms with E-state index in [-0.39, 0.29) is 11.9 Å². The molecule has 0 heterocycles. The third kappa shape index (κ3) is 4.29. The SMILES string of the molecule is CNC(Cc1ccc(OC)cc1)Cc1cccc(F)c1Br. The number of methoxy groups -OCH3 is 1. The minimum absolute atomic E-state index is 0.216. The molecule has 0 bridgehead atoms. The lowest BCUT2D eigenvalue weighted by molar-refractivity contribution is 0.414. The molecule has 1 atom stereocenters. The first-order chi connectivity index (χ1) is 10.1. The van der Waals surface area contributed by atoms with Gasteiger partial charge in [0.1, 0.15) is 11.6 Å². The molecule has 0 saturated heterocycles. The van der Waals surface area contributed by atoms with E-state index in [1.807, 2.05) is 25.2 Å². The van der Waals surface area contributed by atoms with Crippen LogP contribution in [0.4, 0.5) is 4.39 Å². The van der Waals surface area contributed by atoms with Crippen LogP contribution in [0, 0.1) is 5.82 Å². The fourth-order valence-corrected chi connectivity index (χ4v) is 2.72. The lowest BCUT2D eigenvalue weighted by Gasteiger charge is -2.17. The predicted octanol–water partition coefficient (Wildman–Crippen LogP) is 3.97. The number of halogens is 2. The van der Waals surface area contributed by atoms with Gasteiger partial charge in [0.15, 0.2) is 0 Å². The molecule has 0 aliphatic carbocycles. The Morgan fingerprint density at radius 3 is 2.48 bits per heavy atom. The van der Waals surface area contributed by atoms with Crippen LogP contribution in [-0.4, -0.2) is 20.2 Å². The van der Waals surface area contributed by atoms with Gasteiger partial charge in [0.25, 0.3) is 0 Å². The predicted molar refractivity (Wildman–Crippen MR) is 87.3 cm³/mol. The monoisotopic (exact) mass is 351 g/mol. The van der Waals surface area contributed by atoms with E-state index in [0.717, 1.165) is 24.2 Å². The second-order valence-electron chi connectivity index (χ2n) is 4.95. The summed E-state index contributed by atoms with van der Waals surface area (Å²) in [4.78, 5) is 0. The van der Waals surface area contributed by atoms with Crippen molar-refractivity contribution < 1.29 is 9.13 Å². The molecule has 21 heavy (non-hydrogen) atoms. The smallest absolute Gasteiger partial charge is 0.137 e. The van der Waals surface area contributed by atoms with E-state index < -0.39 is 0 Å². The van der Waals surface area contributed by atoms with Crippen molar-refractivity contribution in [1.29, 1.82) is 0 Å². The standard InChI is InChI=1S/C17H19BrFNO/c1-20-14(10-12-6-8-15(21-2)9-7-12)11-13-4-3-5-16(19)17(13)18/h3-9,14,20H,10-11H2,1-2H3. The number of ether oxygens (including phenoxy) is 1. The third-order valence-electron chi connectivity index (χ3n) is 3.55. The normalized spacial score (nSPS) is 12.2. The van der Waals surface area contributed by atoms with E-state index in [2.05, 4.69) is 33.4 Å². The number of nitrogens with one attached hydrogen (secondary N) is 1. The molecule has 2 nitrogen and oxygen atoms in total. The molecule has 0 amide bonds. The van der Waals surface area contributed by atoms with Crippen LogP contribution in [0.3, 0.4) is 0 Å². The van der Waals surface area contributed by atoms with Crippen molar-refractivity contribution in [1.82, 2.24) is 5.32 Å². The molecule has 2 rings (SSSR count). The first kappa shape index (κ1) is 16.0. The zero-order chi connectivity index (χ0) is 15.2. The minimum Gasteiger partial charge on any atom is -0.497 e. The molecule has 0 spiro atoms. The van der Waals surface area contributed by atoms with Gasteiger partial charge in [0, 0.05) is 6.04 Å². The van der Waals surface area contributed by atoms with Crippen molar-refractivity contribution in [3.05, 3.63) is 63.9 Å². The van der Waals surface area contributed by atoms with Gasteiger partial charge >= 0.3 is 0 Å². The fourth-order valence-electron chi connectivity index (χ4n) is 2.29. The molecule has 0 aromatic heterocycles. The second kappa shape index (κ2) is 7.57. The molecule has 1 N–H and O–H groups in total. The van der Waals surface area contributed by atoms with E-state index in [1.54, 1.807) is 13.2 Å². The molecule has 0 saturated carbocycles. The van der Waals surface area contributed by atoms with Crippen LogP contribution in [0.25, 0.3) is 0 Å². The molecule has 112 valence electrons. The van der Waals surface area contributed by atoms with Crippen LogP contribution in [-0.2, 0) is 12.8 Å². The van der Waals surface area contributed by atoms with E-state index in [9.17, 15) is 4.39 Å². The van der Waals surface area contributed by atoms with Gasteiger partial charge in [-0.2, -0.15) is 0 Å². The maximum Gasteiger partial charge on any atom is 0.137 e. The van der Waals surface area contributed by atoms with Crippen molar-refractivity contribution in [2.75, 3.05) is 14.2 Å². The van der Waals surface area contributed by atoms with Crippen LogP contribution in [0.5, 0.6) is 5.75 Å². The average Bonchev–Trinajstić information content (AvgIpc) is 2.51. The average molecular weight is 352 g/mol. The van der Waals surface area contributed by atoms with Gasteiger partial charge in [-0.25, -0.2) is 4.39 Å². The first-order valence-corrected chi connectivity index (χ1v) is 7.66. The molecule has 0 aliphatic rings. The Kier molecular flexibility index (Phi) is 5.76. The summed E-state index contributed by atoms with van der Waals surface area (Å²) in [5, 5.41) is 3.30. The summed E-state index contributed by atoms with van der Waals surface area (Å²) in [6.45, 7) is 0. The van der Waals surface area contributed by atoms with Crippen molar-refractivity contribution in [3.8, 4) is 5.75 Å². The number of hydrogen-bond donors (Lipinski definition) is 1. The van der Waals surface area contributed by atoms with Crippen LogP contribution in [0.1, 0.15) is 11.1 Å². The number of rotatable bonds is 6. The summed E-state index contributed by atoms with van der Waals surface area (Å²) in [6.07, 6.45) is 1.64. The van der Waals surface area contributed by atoms with Crippen LogP contribution >= 0.6 is 15.9 Å². The summed E-state index contributed by atoms with van der Waals surface area (Å²) in [7, 11) is 3.59. The molecule has 1 unspecified atom stereocenters. The Bertz CT molecular complexity index is 586. The Morgan fingerprint density at radius 2 is 1.86 bits per heavy atom. The fraction of sp³-hybridized carbons (Fsp3) is 0.294. The van der Waals surface area contributed by atoms with Gasteiger partial charge in [0.2, 0.25) is 0 Å². The summed E-state index contributed by atoms with van der Waals surface area (Å²) in [5.74, 6) is 0.638. The lowest BCUT2D eigenvalue weighted by Crippen LogP contribution is -2.30. The van der Waals surface area contributed by atoms with Crippen LogP contribution < -0.4 is 10.1 Å². The summed E-state index contributed by atoms with van der Waals surface area (Å²) < 4.78 is 19.3. The van der Waals surface area contributed by atoms with E-state index in [4.69, 9.17) is 4.74 Å². The zero-order valence-electron chi connectivity index (χ0n) is 12.2. The molecular weight excluding hydrogens is 333 g/mol. The molecule has 2 aromatic carbocycles. The number of hydrogen-bond acceptors (Lipinski definition) is 2. The van der Waals surface area contributed by atoms with Crippen LogP contribution in [0.15, 0.2) is 46.9 Å². The number of likely N-dealkylation sites (N-methyl/N-ethyl adjacent to an activating group) is 1. The minimum atomic E-state index is -0.216. The third-order valence-corrected chi connectivity index (χ3v) is 4.44. The summed E-state index contributed by atoms with van der Waals surface area (Å²) in [5.41, 5.74) is 2.20. The summed E-state index contributed by atoms with van der Waals surface area (Å²) >= 11 is 3.32. The van der Waals surface area contributed by atoms with Gasteiger partial charge in [-0.05, 0) is 65.1 Å². The quantitative estimate of drug-likeness (QED) is 0.850. The second-order valence-corrected chi connectivity index (χ2v) is 5.75. The molecule has 2 aromatic rings. The zero-order valence-corrected chi connectivity index (χ0v) is 13.8. The highest BCUT2D eigenvalue weighted by Crippen LogP contribution is 2.22. The van der Waals surface area contributed by atoms with Gasteiger partial charge in [0.05, 0.1) is 11.6 Å². The molecule has 0 radical (unpaired) electrons. The maximum atomic E-state index is 13.6. The van der Waals surface area contributed by atoms with Gasteiger partial charge in [-0.1, -0.05) is 24.3 Å². The highest BCUT2D eigenvalue weighted by molar-refractivity contribution is 9.10. The first-order valence-electron chi connectivity index (χ1n) is 6.87. The topological polar surface area (TPSA) is 21.3 Å². The Balaban J connectivity index is 2.07. The highest BCUT2D eigenvalue weighted by atomic mass is 79.9. The Hall–Kier alpha value is -1.39. The molecule has 4 heteroatoms. The Labute approximate surface area is 133 Å². The molecule has 0 aliphatic heterocycles. The van der Waals surface area contributed by atoms with E-state index in [1.165, 1.54) is 11.6 Å². The van der Waals surface area contributed by atoms with Gasteiger partial charge < -0.3 is 10.1 Å². The number of benzene rings is 2. The van der Waals surface area contributed by atoms with Crippen molar-refractivity contribution >= 4 is 15.9 Å². The summed E-state index contributed by atoms with van der Waals surface area (Å²) in [6, 6.07) is 13.4. The van der Waals surface area contributed by atoms with Gasteiger partial charge in [-0.3, -0.25) is 0 Å². The van der Waals surface area contributed by atoms with Gasteiger partial charge in [-0.15, -0.1) is 0 Å². The van der Waals surface area contributed by atoms with E-state index in [0.29, 0.717) is 4.47 Å². The highest BCUT2D eigenvalue weighted by Gasteiger charge is 2.12. The lowest BCUT2D eigenvalue weighted by atomic mass is 9.99. The van der Waals surface area contributed by atoms with Crippen molar-refractivity contribution in [3.63, 3.8) is 0 Å². The van der Waals surface area contributed by atoms with Crippen molar-refractivity contribution in [2.45, 2.75) is 18.9 Å². The molecular formula is C17H19BrFNO. The maximum absolute atomic E-state index is 13.6. The largest absolute Gasteiger partial charge is 0.497 e. The van der Waals surface area contributed by atoms with E-state index >= 15 is 0 Å². The van der Waals surface area contributed by atoms with Crippen LogP contribution in [0.2, 0.25) is 0 Å².